The monoisotopic (exact) mass is 452 g/mol. The zero-order valence-electron chi connectivity index (χ0n) is 17.4. The van der Waals surface area contributed by atoms with Gasteiger partial charge in [-0.2, -0.15) is 4.72 Å². The van der Waals surface area contributed by atoms with Crippen molar-refractivity contribution in [2.45, 2.75) is 37.8 Å². The largest absolute Gasteiger partial charge is 0.308 e. The van der Waals surface area contributed by atoms with Gasteiger partial charge in [0, 0.05) is 6.54 Å². The smallest absolute Gasteiger partial charge is 0.299 e. The third kappa shape index (κ3) is 4.49. The van der Waals surface area contributed by atoms with E-state index < -0.39 is 16.1 Å². The SMILES string of the molecule is CCCn1c(=O)sc2cc(S(=O)(=O)N[C@@H](c3ccccc3)c3ccc(C)cc3)ccc21. The van der Waals surface area contributed by atoms with Crippen LogP contribution in [-0.4, -0.2) is 13.0 Å². The highest BCUT2D eigenvalue weighted by Gasteiger charge is 2.24. The molecular formula is C24H24N2O3S2. The lowest BCUT2D eigenvalue weighted by Crippen LogP contribution is -2.29. The maximum atomic E-state index is 13.3. The van der Waals surface area contributed by atoms with Crippen molar-refractivity contribution in [3.63, 3.8) is 0 Å². The molecule has 0 aliphatic heterocycles. The lowest BCUT2D eigenvalue weighted by molar-refractivity contribution is 0.572. The summed E-state index contributed by atoms with van der Waals surface area (Å²) < 4.78 is 31.9. The average Bonchev–Trinajstić information content (AvgIpc) is 3.08. The summed E-state index contributed by atoms with van der Waals surface area (Å²) in [6.45, 7) is 4.62. The Balaban J connectivity index is 1.74. The molecule has 1 heterocycles. The Morgan fingerprint density at radius 3 is 2.32 bits per heavy atom. The van der Waals surface area contributed by atoms with E-state index in [1.165, 1.54) is 0 Å². The third-order valence-corrected chi connectivity index (χ3v) is 7.58. The molecule has 1 atom stereocenters. The van der Waals surface area contributed by atoms with Gasteiger partial charge in [0.15, 0.2) is 0 Å². The number of hydrogen-bond donors (Lipinski definition) is 1. The summed E-state index contributed by atoms with van der Waals surface area (Å²) >= 11 is 1.08. The second-order valence-corrected chi connectivity index (χ2v) is 10.2. The molecule has 160 valence electrons. The number of hydrogen-bond acceptors (Lipinski definition) is 4. The van der Waals surface area contributed by atoms with Crippen molar-refractivity contribution in [2.24, 2.45) is 0 Å². The summed E-state index contributed by atoms with van der Waals surface area (Å²) in [6, 6.07) is 21.7. The molecule has 0 fully saturated rings. The normalized spacial score (nSPS) is 12.8. The van der Waals surface area contributed by atoms with Crippen LogP contribution in [0.1, 0.15) is 36.1 Å². The number of aromatic nitrogens is 1. The van der Waals surface area contributed by atoms with E-state index in [4.69, 9.17) is 0 Å². The van der Waals surface area contributed by atoms with Crippen molar-refractivity contribution in [3.8, 4) is 0 Å². The van der Waals surface area contributed by atoms with Crippen molar-refractivity contribution < 1.29 is 8.42 Å². The van der Waals surface area contributed by atoms with Gasteiger partial charge in [-0.15, -0.1) is 0 Å². The fraction of sp³-hybridized carbons (Fsp3) is 0.208. The molecule has 1 aromatic heterocycles. The summed E-state index contributed by atoms with van der Waals surface area (Å²) in [6.07, 6.45) is 0.836. The van der Waals surface area contributed by atoms with Crippen molar-refractivity contribution in [1.29, 1.82) is 0 Å². The van der Waals surface area contributed by atoms with Gasteiger partial charge in [0.2, 0.25) is 10.0 Å². The van der Waals surface area contributed by atoms with E-state index in [9.17, 15) is 13.2 Å². The lowest BCUT2D eigenvalue weighted by atomic mass is 9.99. The molecule has 0 amide bonds. The van der Waals surface area contributed by atoms with E-state index in [0.29, 0.717) is 11.2 Å². The van der Waals surface area contributed by atoms with Crippen LogP contribution in [0.3, 0.4) is 0 Å². The Morgan fingerprint density at radius 2 is 1.65 bits per heavy atom. The lowest BCUT2D eigenvalue weighted by Gasteiger charge is -2.20. The number of sulfonamides is 1. The Labute approximate surface area is 186 Å². The van der Waals surface area contributed by atoms with Crippen LogP contribution in [0.25, 0.3) is 10.2 Å². The van der Waals surface area contributed by atoms with Gasteiger partial charge >= 0.3 is 4.87 Å². The zero-order chi connectivity index (χ0) is 22.0. The van der Waals surface area contributed by atoms with Crippen molar-refractivity contribution in [2.75, 3.05) is 0 Å². The Hall–Kier alpha value is -2.74. The molecule has 5 nitrogen and oxygen atoms in total. The standard InChI is InChI=1S/C24H24N2O3S2/c1-3-15-26-21-14-13-20(16-22(21)30-24(26)27)31(28,29)25-23(18-7-5-4-6-8-18)19-11-9-17(2)10-12-19/h4-14,16,23,25H,3,15H2,1-2H3/t23-/m0/s1. The molecule has 0 saturated heterocycles. The maximum absolute atomic E-state index is 13.3. The molecule has 0 aliphatic carbocycles. The molecular weight excluding hydrogens is 428 g/mol. The topological polar surface area (TPSA) is 68.2 Å². The summed E-state index contributed by atoms with van der Waals surface area (Å²) in [5.74, 6) is 0. The highest BCUT2D eigenvalue weighted by atomic mass is 32.2. The van der Waals surface area contributed by atoms with Crippen molar-refractivity contribution in [3.05, 3.63) is 99.2 Å². The number of rotatable bonds is 7. The molecule has 0 radical (unpaired) electrons. The molecule has 31 heavy (non-hydrogen) atoms. The van der Waals surface area contributed by atoms with Crippen LogP contribution in [0.5, 0.6) is 0 Å². The predicted octanol–water partition coefficient (Wildman–Crippen LogP) is 4.85. The molecule has 3 aromatic carbocycles. The molecule has 4 rings (SSSR count). The summed E-state index contributed by atoms with van der Waals surface area (Å²) in [5.41, 5.74) is 3.60. The first kappa shape index (κ1) is 21.5. The van der Waals surface area contributed by atoms with Crippen LogP contribution < -0.4 is 9.60 Å². The van der Waals surface area contributed by atoms with Gasteiger partial charge in [-0.25, -0.2) is 8.42 Å². The minimum absolute atomic E-state index is 0.0684. The molecule has 0 spiro atoms. The Morgan fingerprint density at radius 1 is 0.968 bits per heavy atom. The van der Waals surface area contributed by atoms with Gasteiger partial charge in [-0.3, -0.25) is 9.36 Å². The minimum Gasteiger partial charge on any atom is -0.299 e. The first-order valence-corrected chi connectivity index (χ1v) is 12.5. The predicted molar refractivity (Wildman–Crippen MR) is 126 cm³/mol. The van der Waals surface area contributed by atoms with Crippen LogP contribution in [0, 0.1) is 6.92 Å². The molecule has 1 N–H and O–H groups in total. The van der Waals surface area contributed by atoms with E-state index >= 15 is 0 Å². The summed E-state index contributed by atoms with van der Waals surface area (Å²) in [5, 5.41) is 0. The fourth-order valence-corrected chi connectivity index (χ4v) is 5.88. The van der Waals surface area contributed by atoms with Crippen molar-refractivity contribution in [1.82, 2.24) is 9.29 Å². The highest BCUT2D eigenvalue weighted by Crippen LogP contribution is 2.27. The van der Waals surface area contributed by atoms with Crippen LogP contribution >= 0.6 is 11.3 Å². The Bertz CT molecular complexity index is 1360. The number of aryl methyl sites for hydroxylation is 2. The molecule has 0 aliphatic rings. The second kappa shape index (κ2) is 8.78. The van der Waals surface area contributed by atoms with Crippen LogP contribution in [0.2, 0.25) is 0 Å². The number of thiazole rings is 1. The zero-order valence-corrected chi connectivity index (χ0v) is 19.0. The first-order valence-electron chi connectivity index (χ1n) is 10.2. The van der Waals surface area contributed by atoms with E-state index in [1.54, 1.807) is 22.8 Å². The molecule has 0 saturated carbocycles. The Kier molecular flexibility index (Phi) is 6.09. The fourth-order valence-electron chi connectivity index (χ4n) is 3.61. The van der Waals surface area contributed by atoms with Gasteiger partial charge in [-0.1, -0.05) is 78.4 Å². The third-order valence-electron chi connectivity index (χ3n) is 5.21. The maximum Gasteiger partial charge on any atom is 0.308 e. The second-order valence-electron chi connectivity index (χ2n) is 7.52. The van der Waals surface area contributed by atoms with Crippen molar-refractivity contribution >= 4 is 31.6 Å². The van der Waals surface area contributed by atoms with Gasteiger partial charge in [-0.05, 0) is 42.7 Å². The van der Waals surface area contributed by atoms with E-state index in [1.807, 2.05) is 68.4 Å². The van der Waals surface area contributed by atoms with Gasteiger partial charge in [0.1, 0.15) is 0 Å². The van der Waals surface area contributed by atoms with E-state index in [2.05, 4.69) is 4.72 Å². The van der Waals surface area contributed by atoms with Crippen LogP contribution in [-0.2, 0) is 16.6 Å². The minimum atomic E-state index is -3.83. The van der Waals surface area contributed by atoms with Gasteiger partial charge in [0.25, 0.3) is 0 Å². The quantitative estimate of drug-likeness (QED) is 0.436. The summed E-state index contributed by atoms with van der Waals surface area (Å²) in [4.78, 5) is 12.4. The molecule has 0 unspecified atom stereocenters. The summed E-state index contributed by atoms with van der Waals surface area (Å²) in [7, 11) is -3.83. The van der Waals surface area contributed by atoms with E-state index in [0.717, 1.165) is 40.0 Å². The first-order chi connectivity index (χ1) is 14.9. The molecule has 7 heteroatoms. The molecule has 0 bridgehead atoms. The van der Waals surface area contributed by atoms with Gasteiger partial charge < -0.3 is 0 Å². The number of nitrogens with zero attached hydrogens (tertiary/aromatic N) is 1. The molecule has 4 aromatic rings. The van der Waals surface area contributed by atoms with E-state index in [-0.39, 0.29) is 9.77 Å². The number of nitrogens with one attached hydrogen (secondary N) is 1. The highest BCUT2D eigenvalue weighted by molar-refractivity contribution is 7.89. The number of benzene rings is 3. The van der Waals surface area contributed by atoms with Crippen LogP contribution in [0.15, 0.2) is 82.5 Å². The van der Waals surface area contributed by atoms with Gasteiger partial charge in [0.05, 0.1) is 21.2 Å². The number of fused-ring (bicyclic) bond motifs is 1. The van der Waals surface area contributed by atoms with Crippen LogP contribution in [0.4, 0.5) is 0 Å². The average molecular weight is 453 g/mol.